The molecular weight excluding hydrogens is 246 g/mol. The van der Waals surface area contributed by atoms with Crippen LogP contribution in [-0.4, -0.2) is 22.4 Å². The second-order valence-electron chi connectivity index (χ2n) is 4.71. The third-order valence-corrected chi connectivity index (χ3v) is 4.53. The Hall–Kier alpha value is -1.00. The van der Waals surface area contributed by atoms with Crippen LogP contribution < -0.4 is 5.32 Å². The maximum atomic E-state index is 10.9. The van der Waals surface area contributed by atoms with Crippen LogP contribution in [0.25, 0.3) is 0 Å². The van der Waals surface area contributed by atoms with Gasteiger partial charge in [-0.15, -0.1) is 11.8 Å². The van der Waals surface area contributed by atoms with Crippen LogP contribution in [0, 0.1) is 0 Å². The molecule has 1 fully saturated rings. The number of rotatable bonds is 3. The molecule has 0 bridgehead atoms. The van der Waals surface area contributed by atoms with Crippen LogP contribution >= 0.6 is 11.8 Å². The molecule has 18 heavy (non-hydrogen) atoms. The van der Waals surface area contributed by atoms with Crippen molar-refractivity contribution >= 4 is 23.4 Å². The topological polar surface area (TPSA) is 49.3 Å². The second-order valence-corrected chi connectivity index (χ2v) is 6.03. The van der Waals surface area contributed by atoms with Gasteiger partial charge < -0.3 is 10.4 Å². The Balaban J connectivity index is 1.95. The number of aliphatic hydroxyl groups excluding tert-OH is 1. The normalized spacial score (nSPS) is 23.7. The van der Waals surface area contributed by atoms with E-state index in [0.29, 0.717) is 5.25 Å². The molecule has 0 aromatic heterocycles. The van der Waals surface area contributed by atoms with Crippen LogP contribution in [0.4, 0.5) is 5.69 Å². The molecule has 4 heteroatoms. The zero-order chi connectivity index (χ0) is 13.0. The summed E-state index contributed by atoms with van der Waals surface area (Å²) in [7, 11) is 0. The van der Waals surface area contributed by atoms with Gasteiger partial charge in [-0.25, -0.2) is 0 Å². The van der Waals surface area contributed by atoms with Crippen molar-refractivity contribution in [1.82, 2.24) is 0 Å². The van der Waals surface area contributed by atoms with Gasteiger partial charge in [-0.2, -0.15) is 0 Å². The molecule has 0 spiro atoms. The minimum atomic E-state index is -0.182. The Bertz CT molecular complexity index is 405. The Morgan fingerprint density at radius 3 is 2.56 bits per heavy atom. The molecule has 0 saturated heterocycles. The van der Waals surface area contributed by atoms with Crippen LogP contribution in [0.15, 0.2) is 29.2 Å². The SMILES string of the molecule is CC(=O)Nc1ccc(S[C@@H]2CCCC[C@H]2O)cc1. The molecule has 1 saturated carbocycles. The monoisotopic (exact) mass is 265 g/mol. The lowest BCUT2D eigenvalue weighted by Gasteiger charge is -2.26. The summed E-state index contributed by atoms with van der Waals surface area (Å²) < 4.78 is 0. The van der Waals surface area contributed by atoms with Crippen molar-refractivity contribution in [2.24, 2.45) is 0 Å². The zero-order valence-electron chi connectivity index (χ0n) is 10.6. The summed E-state index contributed by atoms with van der Waals surface area (Å²) in [6, 6.07) is 7.80. The number of hydrogen-bond donors (Lipinski definition) is 2. The first-order valence-corrected chi connectivity index (χ1v) is 7.25. The van der Waals surface area contributed by atoms with Crippen molar-refractivity contribution in [3.63, 3.8) is 0 Å². The van der Waals surface area contributed by atoms with Crippen molar-refractivity contribution < 1.29 is 9.90 Å². The predicted molar refractivity (Wildman–Crippen MR) is 74.9 cm³/mol. The molecule has 2 rings (SSSR count). The molecule has 2 atom stereocenters. The van der Waals surface area contributed by atoms with E-state index in [0.717, 1.165) is 29.8 Å². The van der Waals surface area contributed by atoms with Gasteiger partial charge in [0.25, 0.3) is 0 Å². The van der Waals surface area contributed by atoms with Crippen LogP contribution in [0.5, 0.6) is 0 Å². The molecule has 0 heterocycles. The third kappa shape index (κ3) is 3.75. The van der Waals surface area contributed by atoms with E-state index < -0.39 is 0 Å². The van der Waals surface area contributed by atoms with E-state index in [-0.39, 0.29) is 12.0 Å². The van der Waals surface area contributed by atoms with Gasteiger partial charge in [0.05, 0.1) is 6.10 Å². The van der Waals surface area contributed by atoms with Gasteiger partial charge in [0.2, 0.25) is 5.91 Å². The highest BCUT2D eigenvalue weighted by atomic mass is 32.2. The maximum Gasteiger partial charge on any atom is 0.221 e. The van der Waals surface area contributed by atoms with E-state index >= 15 is 0 Å². The highest BCUT2D eigenvalue weighted by Crippen LogP contribution is 2.34. The zero-order valence-corrected chi connectivity index (χ0v) is 11.4. The lowest BCUT2D eigenvalue weighted by atomic mass is 9.97. The Labute approximate surface area is 112 Å². The van der Waals surface area contributed by atoms with Gasteiger partial charge in [-0.05, 0) is 37.1 Å². The number of thioether (sulfide) groups is 1. The van der Waals surface area contributed by atoms with E-state index in [1.165, 1.54) is 13.3 Å². The summed E-state index contributed by atoms with van der Waals surface area (Å²) in [6.45, 7) is 1.50. The Morgan fingerprint density at radius 1 is 1.28 bits per heavy atom. The van der Waals surface area contributed by atoms with Crippen molar-refractivity contribution in [3.05, 3.63) is 24.3 Å². The molecule has 0 unspecified atom stereocenters. The minimum Gasteiger partial charge on any atom is -0.392 e. The quantitative estimate of drug-likeness (QED) is 0.883. The number of anilines is 1. The predicted octanol–water partition coefficient (Wildman–Crippen LogP) is 3.04. The Kier molecular flexibility index (Phi) is 4.66. The summed E-state index contributed by atoms with van der Waals surface area (Å²) in [5, 5.41) is 13.0. The fourth-order valence-electron chi connectivity index (χ4n) is 2.21. The van der Waals surface area contributed by atoms with E-state index in [4.69, 9.17) is 0 Å². The number of hydrogen-bond acceptors (Lipinski definition) is 3. The summed E-state index contributed by atoms with van der Waals surface area (Å²) in [5.74, 6) is -0.0573. The molecular formula is C14H19NO2S. The smallest absolute Gasteiger partial charge is 0.221 e. The Morgan fingerprint density at radius 2 is 1.94 bits per heavy atom. The molecule has 1 aliphatic rings. The summed E-state index contributed by atoms with van der Waals surface area (Å²) in [4.78, 5) is 12.1. The first-order valence-electron chi connectivity index (χ1n) is 6.37. The van der Waals surface area contributed by atoms with E-state index in [2.05, 4.69) is 5.32 Å². The lowest BCUT2D eigenvalue weighted by Crippen LogP contribution is -2.26. The van der Waals surface area contributed by atoms with Gasteiger partial charge >= 0.3 is 0 Å². The van der Waals surface area contributed by atoms with Gasteiger partial charge in [0, 0.05) is 22.8 Å². The fourth-order valence-corrected chi connectivity index (χ4v) is 3.43. The standard InChI is InChI=1S/C14H19NO2S/c1-10(16)15-11-6-8-12(9-7-11)18-14-5-3-2-4-13(14)17/h6-9,13-14,17H,2-5H2,1H3,(H,15,16)/t13-,14-/m1/s1. The average molecular weight is 265 g/mol. The van der Waals surface area contributed by atoms with Crippen molar-refractivity contribution in [2.75, 3.05) is 5.32 Å². The molecule has 0 aliphatic heterocycles. The summed E-state index contributed by atoms with van der Waals surface area (Å²) >= 11 is 1.74. The maximum absolute atomic E-state index is 10.9. The molecule has 3 nitrogen and oxygen atoms in total. The van der Waals surface area contributed by atoms with E-state index in [9.17, 15) is 9.90 Å². The van der Waals surface area contributed by atoms with Crippen LogP contribution in [0.1, 0.15) is 32.6 Å². The van der Waals surface area contributed by atoms with Gasteiger partial charge in [0.15, 0.2) is 0 Å². The molecule has 1 amide bonds. The number of nitrogens with one attached hydrogen (secondary N) is 1. The fraction of sp³-hybridized carbons (Fsp3) is 0.500. The number of benzene rings is 1. The first kappa shape index (κ1) is 13.4. The van der Waals surface area contributed by atoms with Crippen molar-refractivity contribution in [2.45, 2.75) is 48.9 Å². The third-order valence-electron chi connectivity index (χ3n) is 3.13. The average Bonchev–Trinajstić information content (AvgIpc) is 2.34. The van der Waals surface area contributed by atoms with Gasteiger partial charge in [0.1, 0.15) is 0 Å². The molecule has 98 valence electrons. The highest BCUT2D eigenvalue weighted by molar-refractivity contribution is 8.00. The van der Waals surface area contributed by atoms with Gasteiger partial charge in [-0.3, -0.25) is 4.79 Å². The summed E-state index contributed by atoms with van der Waals surface area (Å²) in [5.41, 5.74) is 0.816. The van der Waals surface area contributed by atoms with Crippen LogP contribution in [-0.2, 0) is 4.79 Å². The van der Waals surface area contributed by atoms with Crippen LogP contribution in [0.3, 0.4) is 0 Å². The lowest BCUT2D eigenvalue weighted by molar-refractivity contribution is -0.114. The first-order chi connectivity index (χ1) is 8.65. The van der Waals surface area contributed by atoms with Crippen LogP contribution in [0.2, 0.25) is 0 Å². The van der Waals surface area contributed by atoms with E-state index in [1.54, 1.807) is 11.8 Å². The molecule has 1 aromatic carbocycles. The van der Waals surface area contributed by atoms with Crippen molar-refractivity contribution in [1.29, 1.82) is 0 Å². The second kappa shape index (κ2) is 6.25. The minimum absolute atomic E-state index is 0.0573. The van der Waals surface area contributed by atoms with Gasteiger partial charge in [-0.1, -0.05) is 12.8 Å². The number of carbonyl (C=O) groups is 1. The number of amides is 1. The molecule has 1 aromatic rings. The van der Waals surface area contributed by atoms with Crippen molar-refractivity contribution in [3.8, 4) is 0 Å². The van der Waals surface area contributed by atoms with E-state index in [1.807, 2.05) is 24.3 Å². The largest absolute Gasteiger partial charge is 0.392 e. The highest BCUT2D eigenvalue weighted by Gasteiger charge is 2.23. The number of carbonyl (C=O) groups excluding carboxylic acids is 1. The molecule has 0 radical (unpaired) electrons. The number of aliphatic hydroxyl groups is 1. The molecule has 2 N–H and O–H groups in total. The summed E-state index contributed by atoms with van der Waals surface area (Å²) in [6.07, 6.45) is 4.16. The molecule has 1 aliphatic carbocycles.